The third-order valence-electron chi connectivity index (χ3n) is 3.52. The zero-order valence-corrected chi connectivity index (χ0v) is 13.0. The molecule has 1 N–H and O–H groups in total. The van der Waals surface area contributed by atoms with Crippen LogP contribution in [-0.4, -0.2) is 39.7 Å². The molecule has 116 valence electrons. The van der Waals surface area contributed by atoms with Crippen molar-refractivity contribution >= 4 is 11.6 Å². The summed E-state index contributed by atoms with van der Waals surface area (Å²) in [5.41, 5.74) is 0.455. The molecule has 0 radical (unpaired) electrons. The van der Waals surface area contributed by atoms with Crippen molar-refractivity contribution in [2.75, 3.05) is 18.4 Å². The monoisotopic (exact) mass is 292 g/mol. The second-order valence-corrected chi connectivity index (χ2v) is 5.93. The van der Waals surface area contributed by atoms with Crippen LogP contribution in [0.25, 0.3) is 0 Å². The summed E-state index contributed by atoms with van der Waals surface area (Å²) < 4.78 is 1.23. The predicted molar refractivity (Wildman–Crippen MR) is 82.2 cm³/mol. The van der Waals surface area contributed by atoms with Gasteiger partial charge in [-0.25, -0.2) is 4.68 Å². The summed E-state index contributed by atoms with van der Waals surface area (Å²) in [5.74, 6) is 0.461. The molecule has 1 aromatic heterocycles. The van der Waals surface area contributed by atoms with Crippen molar-refractivity contribution in [3.63, 3.8) is 0 Å². The first kappa shape index (κ1) is 15.5. The van der Waals surface area contributed by atoms with Crippen LogP contribution in [0.5, 0.6) is 0 Å². The standard InChI is InChI=1S/C15H24N4O2/c1-4-18(13-5-6-13)15(21)10-19-14(20)7-12(9-17-19)16-8-11(2)3/h7,9,11,13,16H,4-6,8,10H2,1-3H3. The van der Waals surface area contributed by atoms with Gasteiger partial charge in [0.2, 0.25) is 5.91 Å². The van der Waals surface area contributed by atoms with Crippen molar-refractivity contribution in [2.24, 2.45) is 5.92 Å². The number of rotatable bonds is 7. The van der Waals surface area contributed by atoms with Gasteiger partial charge in [-0.1, -0.05) is 13.8 Å². The first-order chi connectivity index (χ1) is 10.0. The van der Waals surface area contributed by atoms with Crippen LogP contribution in [0.4, 0.5) is 5.69 Å². The number of hydrogen-bond donors (Lipinski definition) is 1. The smallest absolute Gasteiger partial charge is 0.269 e. The summed E-state index contributed by atoms with van der Waals surface area (Å²) >= 11 is 0. The maximum atomic E-state index is 12.2. The van der Waals surface area contributed by atoms with E-state index < -0.39 is 0 Å². The fraction of sp³-hybridized carbons (Fsp3) is 0.667. The number of nitrogens with one attached hydrogen (secondary N) is 1. The van der Waals surface area contributed by atoms with Gasteiger partial charge in [0.1, 0.15) is 6.54 Å². The normalized spacial score (nSPS) is 14.3. The molecular weight excluding hydrogens is 268 g/mol. The Morgan fingerprint density at radius 2 is 2.24 bits per heavy atom. The van der Waals surface area contributed by atoms with Gasteiger partial charge in [-0.15, -0.1) is 0 Å². The number of aromatic nitrogens is 2. The van der Waals surface area contributed by atoms with E-state index in [-0.39, 0.29) is 18.0 Å². The van der Waals surface area contributed by atoms with Crippen molar-refractivity contribution < 1.29 is 4.79 Å². The number of carbonyl (C=O) groups excluding carboxylic acids is 1. The molecule has 0 atom stereocenters. The van der Waals surface area contributed by atoms with Crippen LogP contribution in [-0.2, 0) is 11.3 Å². The van der Waals surface area contributed by atoms with Gasteiger partial charge in [0.05, 0.1) is 11.9 Å². The van der Waals surface area contributed by atoms with Crippen LogP contribution in [0, 0.1) is 5.92 Å². The largest absolute Gasteiger partial charge is 0.383 e. The van der Waals surface area contributed by atoms with Crippen molar-refractivity contribution in [1.29, 1.82) is 0 Å². The van der Waals surface area contributed by atoms with E-state index in [9.17, 15) is 9.59 Å². The molecule has 6 heteroatoms. The Kier molecular flexibility index (Phi) is 4.98. The highest BCUT2D eigenvalue weighted by molar-refractivity contribution is 5.76. The number of likely N-dealkylation sites (N-methyl/N-ethyl adjacent to an activating group) is 1. The van der Waals surface area contributed by atoms with Crippen LogP contribution in [0.1, 0.15) is 33.6 Å². The molecule has 2 rings (SSSR count). The predicted octanol–water partition coefficient (Wildman–Crippen LogP) is 1.32. The second kappa shape index (κ2) is 6.74. The maximum Gasteiger partial charge on any atom is 0.269 e. The van der Waals surface area contributed by atoms with Gasteiger partial charge in [-0.05, 0) is 25.7 Å². The first-order valence-corrected chi connectivity index (χ1v) is 7.61. The van der Waals surface area contributed by atoms with Crippen LogP contribution in [0.3, 0.4) is 0 Å². The minimum atomic E-state index is -0.246. The lowest BCUT2D eigenvalue weighted by Gasteiger charge is -2.20. The van der Waals surface area contributed by atoms with E-state index in [0.717, 1.165) is 19.4 Å². The fourth-order valence-electron chi connectivity index (χ4n) is 2.21. The van der Waals surface area contributed by atoms with Crippen LogP contribution >= 0.6 is 0 Å². The van der Waals surface area contributed by atoms with Crippen LogP contribution < -0.4 is 10.9 Å². The van der Waals surface area contributed by atoms with Crippen molar-refractivity contribution in [3.8, 4) is 0 Å². The third kappa shape index (κ3) is 4.31. The Morgan fingerprint density at radius 3 is 2.76 bits per heavy atom. The molecule has 1 fully saturated rings. The quantitative estimate of drug-likeness (QED) is 0.823. The molecule has 1 amide bonds. The lowest BCUT2D eigenvalue weighted by atomic mass is 10.2. The summed E-state index contributed by atoms with van der Waals surface area (Å²) in [7, 11) is 0. The van der Waals surface area contributed by atoms with Gasteiger partial charge in [0.15, 0.2) is 0 Å². The number of carbonyl (C=O) groups is 1. The Hall–Kier alpha value is -1.85. The Balaban J connectivity index is 2.00. The number of anilines is 1. The highest BCUT2D eigenvalue weighted by Crippen LogP contribution is 2.26. The molecule has 6 nitrogen and oxygen atoms in total. The zero-order valence-electron chi connectivity index (χ0n) is 13.0. The first-order valence-electron chi connectivity index (χ1n) is 7.61. The van der Waals surface area contributed by atoms with E-state index in [1.807, 2.05) is 11.8 Å². The molecule has 21 heavy (non-hydrogen) atoms. The zero-order chi connectivity index (χ0) is 15.4. The molecule has 0 aromatic carbocycles. The average Bonchev–Trinajstić information content (AvgIpc) is 3.24. The molecule has 1 saturated carbocycles. The molecule has 0 bridgehead atoms. The lowest BCUT2D eigenvalue weighted by Crippen LogP contribution is -2.38. The van der Waals surface area contributed by atoms with E-state index in [1.54, 1.807) is 6.20 Å². The van der Waals surface area contributed by atoms with Gasteiger partial charge in [-0.2, -0.15) is 5.10 Å². The number of amides is 1. The Morgan fingerprint density at radius 1 is 1.52 bits per heavy atom. The third-order valence-corrected chi connectivity index (χ3v) is 3.52. The molecule has 0 unspecified atom stereocenters. The SMILES string of the molecule is CCN(C(=O)Cn1ncc(NCC(C)C)cc1=O)C1CC1. The number of nitrogens with zero attached hydrogens (tertiary/aromatic N) is 3. The fourth-order valence-corrected chi connectivity index (χ4v) is 2.21. The van der Waals surface area contributed by atoms with Gasteiger partial charge in [0, 0.05) is 25.2 Å². The lowest BCUT2D eigenvalue weighted by molar-refractivity contribution is -0.132. The van der Waals surface area contributed by atoms with Crippen molar-refractivity contribution in [3.05, 3.63) is 22.6 Å². The summed E-state index contributed by atoms with van der Waals surface area (Å²) in [6.45, 7) is 7.65. The molecule has 0 spiro atoms. The van der Waals surface area contributed by atoms with Gasteiger partial charge in [0.25, 0.3) is 5.56 Å². The molecule has 1 aliphatic rings. The van der Waals surface area contributed by atoms with Crippen LogP contribution in [0.15, 0.2) is 17.1 Å². The van der Waals surface area contributed by atoms with E-state index in [4.69, 9.17) is 0 Å². The molecule has 0 saturated heterocycles. The van der Waals surface area contributed by atoms with E-state index >= 15 is 0 Å². The summed E-state index contributed by atoms with van der Waals surface area (Å²) in [6, 6.07) is 1.86. The summed E-state index contributed by atoms with van der Waals surface area (Å²) in [5, 5.41) is 7.24. The van der Waals surface area contributed by atoms with Gasteiger partial charge in [-0.3, -0.25) is 9.59 Å². The summed E-state index contributed by atoms with van der Waals surface area (Å²) in [6.07, 6.45) is 3.74. The highest BCUT2D eigenvalue weighted by Gasteiger charge is 2.31. The number of hydrogen-bond acceptors (Lipinski definition) is 4. The molecule has 1 heterocycles. The second-order valence-electron chi connectivity index (χ2n) is 5.93. The average molecular weight is 292 g/mol. The molecule has 1 aliphatic carbocycles. The van der Waals surface area contributed by atoms with E-state index in [0.29, 0.717) is 24.2 Å². The van der Waals surface area contributed by atoms with E-state index in [1.165, 1.54) is 10.7 Å². The van der Waals surface area contributed by atoms with Crippen molar-refractivity contribution in [2.45, 2.75) is 46.2 Å². The van der Waals surface area contributed by atoms with Gasteiger partial charge >= 0.3 is 0 Å². The minimum Gasteiger partial charge on any atom is -0.383 e. The Labute approximate surface area is 125 Å². The van der Waals surface area contributed by atoms with Crippen molar-refractivity contribution in [1.82, 2.24) is 14.7 Å². The molecular formula is C15H24N4O2. The Bertz CT molecular complexity index is 549. The van der Waals surface area contributed by atoms with Gasteiger partial charge < -0.3 is 10.2 Å². The topological polar surface area (TPSA) is 67.2 Å². The highest BCUT2D eigenvalue weighted by atomic mass is 16.2. The molecule has 0 aliphatic heterocycles. The van der Waals surface area contributed by atoms with Crippen LogP contribution in [0.2, 0.25) is 0 Å². The summed E-state index contributed by atoms with van der Waals surface area (Å²) in [4.78, 5) is 26.0. The minimum absolute atomic E-state index is 0.0215. The maximum absolute atomic E-state index is 12.2. The van der Waals surface area contributed by atoms with E-state index in [2.05, 4.69) is 24.3 Å². The molecule has 1 aromatic rings.